The maximum atomic E-state index is 12.6. The monoisotopic (exact) mass is 340 g/mol. The van der Waals surface area contributed by atoms with Crippen LogP contribution in [0.15, 0.2) is 48.8 Å². The number of nitrogens with one attached hydrogen (secondary N) is 1. The first-order valence-electron chi connectivity index (χ1n) is 8.00. The van der Waals surface area contributed by atoms with Crippen molar-refractivity contribution in [1.82, 2.24) is 9.61 Å². The van der Waals surface area contributed by atoms with E-state index < -0.39 is 0 Å². The topological polar surface area (TPSA) is 49.6 Å². The third-order valence-corrected chi connectivity index (χ3v) is 4.67. The molecule has 0 aliphatic carbocycles. The predicted octanol–water partition coefficient (Wildman–Crippen LogP) is 3.84. The van der Waals surface area contributed by atoms with Crippen molar-refractivity contribution >= 4 is 34.4 Å². The van der Waals surface area contributed by atoms with E-state index in [1.807, 2.05) is 30.5 Å². The molecule has 2 aromatic heterocycles. The van der Waals surface area contributed by atoms with Gasteiger partial charge in [0.15, 0.2) is 0 Å². The lowest BCUT2D eigenvalue weighted by Gasteiger charge is -2.17. The Balaban J connectivity index is 1.67. The van der Waals surface area contributed by atoms with Gasteiger partial charge in [-0.1, -0.05) is 23.7 Å². The number of para-hydroxylation sites is 1. The van der Waals surface area contributed by atoms with Crippen LogP contribution in [0.2, 0.25) is 5.02 Å². The molecule has 6 heteroatoms. The van der Waals surface area contributed by atoms with E-state index in [1.165, 1.54) is 12.8 Å². The van der Waals surface area contributed by atoms with Crippen LogP contribution in [-0.4, -0.2) is 28.6 Å². The van der Waals surface area contributed by atoms with Gasteiger partial charge in [0.2, 0.25) is 0 Å². The Hall–Kier alpha value is -2.53. The van der Waals surface area contributed by atoms with E-state index in [9.17, 15) is 4.79 Å². The van der Waals surface area contributed by atoms with Crippen molar-refractivity contribution in [3.8, 4) is 0 Å². The van der Waals surface area contributed by atoms with E-state index in [4.69, 9.17) is 11.6 Å². The number of nitrogens with zero attached hydrogens (tertiary/aromatic N) is 3. The van der Waals surface area contributed by atoms with Crippen molar-refractivity contribution in [1.29, 1.82) is 0 Å². The zero-order valence-electron chi connectivity index (χ0n) is 13.1. The summed E-state index contributed by atoms with van der Waals surface area (Å²) >= 11 is 6.12. The molecule has 3 aromatic rings. The molecule has 0 unspecified atom stereocenters. The first-order valence-corrected chi connectivity index (χ1v) is 8.38. The molecule has 122 valence electrons. The summed E-state index contributed by atoms with van der Waals surface area (Å²) in [5, 5.41) is 7.65. The molecule has 5 nitrogen and oxygen atoms in total. The number of benzene rings is 1. The molecule has 1 aliphatic rings. The molecule has 1 saturated heterocycles. The van der Waals surface area contributed by atoms with Crippen LogP contribution in [0.25, 0.3) is 5.52 Å². The lowest BCUT2D eigenvalue weighted by Crippen LogP contribution is -2.18. The summed E-state index contributed by atoms with van der Waals surface area (Å²) < 4.78 is 1.72. The third kappa shape index (κ3) is 2.71. The predicted molar refractivity (Wildman–Crippen MR) is 96.0 cm³/mol. The molecule has 4 rings (SSSR count). The fourth-order valence-electron chi connectivity index (χ4n) is 3.07. The maximum Gasteiger partial charge on any atom is 0.259 e. The summed E-state index contributed by atoms with van der Waals surface area (Å²) in [6, 6.07) is 11.3. The molecule has 1 aliphatic heterocycles. The Bertz CT molecular complexity index is 899. The lowest BCUT2D eigenvalue weighted by atomic mass is 10.2. The second-order valence-electron chi connectivity index (χ2n) is 5.90. The number of fused-ring (bicyclic) bond motifs is 1. The number of carbonyl (C=O) groups is 1. The minimum atomic E-state index is -0.211. The van der Waals surface area contributed by atoms with Crippen LogP contribution in [0, 0.1) is 0 Å². The van der Waals surface area contributed by atoms with Gasteiger partial charge in [0, 0.05) is 25.0 Å². The standard InChI is InChI=1S/C18H17ClN4O/c19-15-5-1-2-6-16(15)21-18(24)14-12-20-23-10-7-13(11-17(14)23)22-8-3-4-9-22/h1-2,5-7,10-12H,3-4,8-9H2,(H,21,24). The summed E-state index contributed by atoms with van der Waals surface area (Å²) in [6.45, 7) is 2.12. The maximum absolute atomic E-state index is 12.6. The highest BCUT2D eigenvalue weighted by Gasteiger charge is 2.17. The van der Waals surface area contributed by atoms with Gasteiger partial charge in [0.25, 0.3) is 5.91 Å². The Labute approximate surface area is 144 Å². The number of hydrogen-bond acceptors (Lipinski definition) is 3. The highest BCUT2D eigenvalue weighted by Crippen LogP contribution is 2.25. The number of pyridine rings is 1. The zero-order valence-corrected chi connectivity index (χ0v) is 13.8. The van der Waals surface area contributed by atoms with E-state index in [2.05, 4.69) is 15.3 Å². The van der Waals surface area contributed by atoms with Crippen molar-refractivity contribution in [2.24, 2.45) is 0 Å². The SMILES string of the molecule is O=C(Nc1ccccc1Cl)c1cnn2ccc(N3CCCC3)cc12. The van der Waals surface area contributed by atoms with E-state index in [1.54, 1.807) is 22.8 Å². The van der Waals surface area contributed by atoms with Gasteiger partial charge in [-0.3, -0.25) is 4.79 Å². The number of hydrogen-bond donors (Lipinski definition) is 1. The number of amides is 1. The first-order chi connectivity index (χ1) is 11.7. The second kappa shape index (κ2) is 6.17. The van der Waals surface area contributed by atoms with Crippen LogP contribution in [-0.2, 0) is 0 Å². The number of halogens is 1. The highest BCUT2D eigenvalue weighted by atomic mass is 35.5. The largest absolute Gasteiger partial charge is 0.371 e. The number of rotatable bonds is 3. The summed E-state index contributed by atoms with van der Waals surface area (Å²) in [4.78, 5) is 15.0. The molecule has 1 aromatic carbocycles. The van der Waals surface area contributed by atoms with E-state index in [0.717, 1.165) is 24.3 Å². The Kier molecular flexibility index (Phi) is 3.86. The van der Waals surface area contributed by atoms with Gasteiger partial charge in [-0.25, -0.2) is 4.52 Å². The molecule has 0 spiro atoms. The van der Waals surface area contributed by atoms with Crippen LogP contribution < -0.4 is 10.2 Å². The summed E-state index contributed by atoms with van der Waals surface area (Å²) in [7, 11) is 0. The molecule has 1 N–H and O–H groups in total. The van der Waals surface area contributed by atoms with Gasteiger partial charge in [0.05, 0.1) is 28.0 Å². The minimum Gasteiger partial charge on any atom is -0.371 e. The third-order valence-electron chi connectivity index (χ3n) is 4.34. The molecule has 24 heavy (non-hydrogen) atoms. The Morgan fingerprint density at radius 3 is 2.75 bits per heavy atom. The van der Waals surface area contributed by atoms with E-state index in [0.29, 0.717) is 16.3 Å². The molecular formula is C18H17ClN4O. The zero-order chi connectivity index (χ0) is 16.5. The Morgan fingerprint density at radius 1 is 1.17 bits per heavy atom. The number of aromatic nitrogens is 2. The molecule has 0 bridgehead atoms. The lowest BCUT2D eigenvalue weighted by molar-refractivity contribution is 0.102. The molecule has 0 saturated carbocycles. The molecule has 1 fully saturated rings. The fourth-order valence-corrected chi connectivity index (χ4v) is 3.25. The molecule has 3 heterocycles. The van der Waals surface area contributed by atoms with Crippen LogP contribution in [0.5, 0.6) is 0 Å². The van der Waals surface area contributed by atoms with Crippen molar-refractivity contribution in [2.75, 3.05) is 23.3 Å². The van der Waals surface area contributed by atoms with Crippen LogP contribution in [0.4, 0.5) is 11.4 Å². The van der Waals surface area contributed by atoms with Gasteiger partial charge in [-0.05, 0) is 37.1 Å². The van der Waals surface area contributed by atoms with Gasteiger partial charge in [0.1, 0.15) is 0 Å². The second-order valence-corrected chi connectivity index (χ2v) is 6.31. The van der Waals surface area contributed by atoms with Crippen molar-refractivity contribution in [3.63, 3.8) is 0 Å². The van der Waals surface area contributed by atoms with Crippen molar-refractivity contribution < 1.29 is 4.79 Å². The fraction of sp³-hybridized carbons (Fsp3) is 0.222. The van der Waals surface area contributed by atoms with Gasteiger partial charge in [-0.2, -0.15) is 5.10 Å². The smallest absolute Gasteiger partial charge is 0.259 e. The van der Waals surface area contributed by atoms with E-state index >= 15 is 0 Å². The summed E-state index contributed by atoms with van der Waals surface area (Å²) in [5.41, 5.74) is 3.06. The normalized spacial score (nSPS) is 14.3. The van der Waals surface area contributed by atoms with Gasteiger partial charge in [-0.15, -0.1) is 0 Å². The minimum absolute atomic E-state index is 0.211. The Morgan fingerprint density at radius 2 is 1.96 bits per heavy atom. The molecule has 0 atom stereocenters. The van der Waals surface area contributed by atoms with Crippen LogP contribution in [0.3, 0.4) is 0 Å². The first kappa shape index (κ1) is 15.0. The van der Waals surface area contributed by atoms with Crippen LogP contribution >= 0.6 is 11.6 Å². The van der Waals surface area contributed by atoms with E-state index in [-0.39, 0.29) is 5.91 Å². The summed E-state index contributed by atoms with van der Waals surface area (Å²) in [6.07, 6.45) is 5.92. The molecule has 1 amide bonds. The number of anilines is 2. The van der Waals surface area contributed by atoms with Gasteiger partial charge >= 0.3 is 0 Å². The quantitative estimate of drug-likeness (QED) is 0.788. The average Bonchev–Trinajstić information content (AvgIpc) is 3.25. The summed E-state index contributed by atoms with van der Waals surface area (Å²) in [5.74, 6) is -0.211. The number of carbonyl (C=O) groups excluding carboxylic acids is 1. The average molecular weight is 341 g/mol. The highest BCUT2D eigenvalue weighted by molar-refractivity contribution is 6.34. The van der Waals surface area contributed by atoms with Crippen molar-refractivity contribution in [3.05, 3.63) is 59.4 Å². The molecular weight excluding hydrogens is 324 g/mol. The molecule has 0 radical (unpaired) electrons. The van der Waals surface area contributed by atoms with Crippen LogP contribution in [0.1, 0.15) is 23.2 Å². The van der Waals surface area contributed by atoms with Crippen molar-refractivity contribution in [2.45, 2.75) is 12.8 Å². The van der Waals surface area contributed by atoms with Gasteiger partial charge < -0.3 is 10.2 Å².